The molecule has 0 aliphatic carbocycles. The Balaban J connectivity index is 1.69. The fourth-order valence-corrected chi connectivity index (χ4v) is 2.38. The van der Waals surface area contributed by atoms with Crippen LogP contribution in [0.25, 0.3) is 0 Å². The van der Waals surface area contributed by atoms with Crippen molar-refractivity contribution in [3.8, 4) is 0 Å². The van der Waals surface area contributed by atoms with Crippen LogP contribution < -0.4 is 16.0 Å². The zero-order valence-electron chi connectivity index (χ0n) is 14.9. The molecule has 0 radical (unpaired) electrons. The van der Waals surface area contributed by atoms with Crippen LogP contribution in [-0.2, 0) is 11.3 Å². The van der Waals surface area contributed by atoms with Crippen molar-refractivity contribution in [3.63, 3.8) is 0 Å². The predicted molar refractivity (Wildman–Crippen MR) is 101 cm³/mol. The number of anilines is 3. The van der Waals surface area contributed by atoms with Gasteiger partial charge in [-0.15, -0.1) is 0 Å². The normalized spacial score (nSPS) is 10.3. The monoisotopic (exact) mass is 365 g/mol. The number of aryl methyl sites for hydroxylation is 1. The number of hydrogen-bond donors (Lipinski definition) is 3. The van der Waals surface area contributed by atoms with Gasteiger partial charge in [0.2, 0.25) is 11.9 Å². The highest BCUT2D eigenvalue weighted by Crippen LogP contribution is 2.17. The van der Waals surface area contributed by atoms with E-state index in [0.29, 0.717) is 23.1 Å². The summed E-state index contributed by atoms with van der Waals surface area (Å²) in [5, 5.41) is 8.51. The molecule has 2 heterocycles. The molecular formula is C19H19N5O3. The topological polar surface area (TPSA) is 109 Å². The van der Waals surface area contributed by atoms with Gasteiger partial charge in [-0.2, -0.15) is 0 Å². The summed E-state index contributed by atoms with van der Waals surface area (Å²) in [5.74, 6) is 0.515. The van der Waals surface area contributed by atoms with Crippen LogP contribution in [0.3, 0.4) is 0 Å². The second-order valence-corrected chi connectivity index (χ2v) is 5.86. The first kappa shape index (κ1) is 18.1. The van der Waals surface area contributed by atoms with Gasteiger partial charge < -0.3 is 20.4 Å². The molecule has 0 fully saturated rings. The minimum Gasteiger partial charge on any atom is -0.467 e. The van der Waals surface area contributed by atoms with Crippen LogP contribution in [0.15, 0.2) is 53.1 Å². The molecule has 3 aromatic rings. The second-order valence-electron chi connectivity index (χ2n) is 5.86. The Morgan fingerprint density at radius 1 is 1.07 bits per heavy atom. The molecule has 2 amide bonds. The molecule has 0 unspecified atom stereocenters. The summed E-state index contributed by atoms with van der Waals surface area (Å²) < 4.78 is 5.19. The van der Waals surface area contributed by atoms with Crippen LogP contribution in [0.1, 0.15) is 28.9 Å². The molecule has 8 heteroatoms. The van der Waals surface area contributed by atoms with E-state index in [2.05, 4.69) is 25.9 Å². The lowest BCUT2D eigenvalue weighted by atomic mass is 10.2. The molecule has 0 aliphatic rings. The quantitative estimate of drug-likeness (QED) is 0.619. The molecule has 0 bridgehead atoms. The Hall–Kier alpha value is -3.68. The van der Waals surface area contributed by atoms with E-state index < -0.39 is 0 Å². The van der Waals surface area contributed by atoms with Crippen LogP contribution in [0, 0.1) is 6.92 Å². The second kappa shape index (κ2) is 8.13. The third kappa shape index (κ3) is 5.15. The van der Waals surface area contributed by atoms with Gasteiger partial charge in [0.05, 0.1) is 12.8 Å². The molecule has 27 heavy (non-hydrogen) atoms. The first-order valence-corrected chi connectivity index (χ1v) is 8.30. The van der Waals surface area contributed by atoms with Crippen molar-refractivity contribution in [2.45, 2.75) is 20.4 Å². The number of carbonyl (C=O) groups excluding carboxylic acids is 2. The lowest BCUT2D eigenvalue weighted by molar-refractivity contribution is -0.114. The molecule has 3 N–H and O–H groups in total. The average Bonchev–Trinajstić information content (AvgIpc) is 3.14. The zero-order valence-corrected chi connectivity index (χ0v) is 14.9. The van der Waals surface area contributed by atoms with Gasteiger partial charge in [0.25, 0.3) is 5.91 Å². The number of hydrogen-bond acceptors (Lipinski definition) is 6. The van der Waals surface area contributed by atoms with Gasteiger partial charge in [0.15, 0.2) is 0 Å². The molecule has 3 rings (SSSR count). The third-order valence-electron chi connectivity index (χ3n) is 3.55. The van der Waals surface area contributed by atoms with Gasteiger partial charge in [-0.3, -0.25) is 9.59 Å². The predicted octanol–water partition coefficient (Wildman–Crippen LogP) is 3.01. The van der Waals surface area contributed by atoms with Crippen LogP contribution >= 0.6 is 0 Å². The van der Waals surface area contributed by atoms with Gasteiger partial charge in [0, 0.05) is 24.0 Å². The van der Waals surface area contributed by atoms with Gasteiger partial charge in [-0.25, -0.2) is 9.97 Å². The van der Waals surface area contributed by atoms with Crippen LogP contribution in [-0.4, -0.2) is 21.8 Å². The minimum atomic E-state index is -0.319. The molecule has 0 atom stereocenters. The number of benzene rings is 1. The highest BCUT2D eigenvalue weighted by Gasteiger charge is 2.11. The van der Waals surface area contributed by atoms with Gasteiger partial charge in [-0.05, 0) is 49.4 Å². The third-order valence-corrected chi connectivity index (χ3v) is 3.55. The number of nitrogens with one attached hydrogen (secondary N) is 3. The number of nitrogens with zero attached hydrogens (tertiary/aromatic N) is 2. The molecule has 0 aliphatic heterocycles. The zero-order chi connectivity index (χ0) is 19.2. The van der Waals surface area contributed by atoms with E-state index >= 15 is 0 Å². The lowest BCUT2D eigenvalue weighted by Crippen LogP contribution is -2.24. The largest absolute Gasteiger partial charge is 0.467 e. The van der Waals surface area contributed by atoms with Crippen molar-refractivity contribution >= 4 is 29.1 Å². The average molecular weight is 365 g/mol. The molecule has 0 saturated carbocycles. The number of aromatic nitrogens is 2. The van der Waals surface area contributed by atoms with Crippen LogP contribution in [0.5, 0.6) is 0 Å². The molecule has 1 aromatic carbocycles. The van der Waals surface area contributed by atoms with Gasteiger partial charge in [0.1, 0.15) is 11.5 Å². The summed E-state index contributed by atoms with van der Waals surface area (Å²) in [6, 6.07) is 12.2. The summed E-state index contributed by atoms with van der Waals surface area (Å²) >= 11 is 0. The maximum Gasteiger partial charge on any atom is 0.270 e. The Morgan fingerprint density at radius 2 is 1.81 bits per heavy atom. The van der Waals surface area contributed by atoms with E-state index in [1.165, 1.54) is 6.92 Å². The van der Waals surface area contributed by atoms with Crippen molar-refractivity contribution in [2.24, 2.45) is 0 Å². The standard InChI is InChI=1S/C19H19N5O3/c1-12-10-17(18(26)20-11-16-4-3-9-27-16)24-19(21-12)23-15-7-5-14(6-8-15)22-13(2)25/h3-10H,11H2,1-2H3,(H,20,26)(H,22,25)(H,21,23,24). The number of amides is 2. The van der Waals surface area contributed by atoms with Crippen molar-refractivity contribution in [1.29, 1.82) is 0 Å². The maximum absolute atomic E-state index is 12.3. The fraction of sp³-hybridized carbons (Fsp3) is 0.158. The highest BCUT2D eigenvalue weighted by molar-refractivity contribution is 5.92. The van der Waals surface area contributed by atoms with E-state index in [-0.39, 0.29) is 24.1 Å². The molecule has 138 valence electrons. The lowest BCUT2D eigenvalue weighted by Gasteiger charge is -2.09. The van der Waals surface area contributed by atoms with Crippen molar-refractivity contribution in [1.82, 2.24) is 15.3 Å². The Labute approximate surface area is 156 Å². The first-order chi connectivity index (χ1) is 13.0. The number of rotatable bonds is 6. The summed E-state index contributed by atoms with van der Waals surface area (Å²) in [5.41, 5.74) is 2.34. The number of carbonyl (C=O) groups is 2. The Morgan fingerprint density at radius 3 is 2.48 bits per heavy atom. The van der Waals surface area contributed by atoms with Crippen LogP contribution in [0.4, 0.5) is 17.3 Å². The Kier molecular flexibility index (Phi) is 5.46. The fourth-order valence-electron chi connectivity index (χ4n) is 2.38. The molecule has 8 nitrogen and oxygen atoms in total. The van der Waals surface area contributed by atoms with E-state index in [0.717, 1.165) is 5.69 Å². The summed E-state index contributed by atoms with van der Waals surface area (Å²) in [6.07, 6.45) is 1.55. The number of furan rings is 1. The van der Waals surface area contributed by atoms with Crippen molar-refractivity contribution in [2.75, 3.05) is 10.6 Å². The van der Waals surface area contributed by atoms with Crippen molar-refractivity contribution < 1.29 is 14.0 Å². The van der Waals surface area contributed by atoms with E-state index in [1.54, 1.807) is 55.7 Å². The van der Waals surface area contributed by atoms with Crippen molar-refractivity contribution in [3.05, 3.63) is 65.9 Å². The van der Waals surface area contributed by atoms with E-state index in [9.17, 15) is 9.59 Å². The molecular weight excluding hydrogens is 346 g/mol. The Bertz CT molecular complexity index is 936. The molecule has 0 saturated heterocycles. The molecule has 0 spiro atoms. The van der Waals surface area contributed by atoms with E-state index in [1.807, 2.05) is 0 Å². The van der Waals surface area contributed by atoms with E-state index in [4.69, 9.17) is 4.42 Å². The van der Waals surface area contributed by atoms with Gasteiger partial charge in [-0.1, -0.05) is 0 Å². The first-order valence-electron chi connectivity index (χ1n) is 8.30. The maximum atomic E-state index is 12.3. The SMILES string of the molecule is CC(=O)Nc1ccc(Nc2nc(C)cc(C(=O)NCc3ccco3)n2)cc1. The highest BCUT2D eigenvalue weighted by atomic mass is 16.3. The summed E-state index contributed by atoms with van der Waals surface area (Å²) in [6.45, 7) is 3.52. The van der Waals surface area contributed by atoms with Gasteiger partial charge >= 0.3 is 0 Å². The molecule has 2 aromatic heterocycles. The minimum absolute atomic E-state index is 0.136. The summed E-state index contributed by atoms with van der Waals surface area (Å²) in [7, 11) is 0. The smallest absolute Gasteiger partial charge is 0.270 e. The summed E-state index contributed by atoms with van der Waals surface area (Å²) in [4.78, 5) is 32.0. The van der Waals surface area contributed by atoms with Crippen LogP contribution in [0.2, 0.25) is 0 Å².